The molecule has 1 heterocycles. The summed E-state index contributed by atoms with van der Waals surface area (Å²) in [6, 6.07) is 2.75. The first kappa shape index (κ1) is 6.73. The van der Waals surface area contributed by atoms with Gasteiger partial charge in [0.15, 0.2) is 23.0 Å². The van der Waals surface area contributed by atoms with Crippen LogP contribution in [0.2, 0.25) is 0 Å². The van der Waals surface area contributed by atoms with Crippen molar-refractivity contribution in [2.45, 2.75) is 0 Å². The minimum atomic E-state index is -0.354. The van der Waals surface area contributed by atoms with Crippen molar-refractivity contribution in [3.05, 3.63) is 24.1 Å². The molecular weight excluding hydrogens is 236 g/mol. The van der Waals surface area contributed by atoms with Crippen LogP contribution in [-0.4, -0.2) is 4.98 Å². The number of rotatable bonds is 1. The van der Waals surface area contributed by atoms with Gasteiger partial charge in [-0.15, -0.1) is 0 Å². The molecule has 1 aromatic heterocycles. The van der Waals surface area contributed by atoms with Crippen LogP contribution in [0.4, 0.5) is 4.39 Å². The molecule has 1 rings (SSSR count). The Hall–Kier alpha value is -0.390. The molecule has 0 bridgehead atoms. The Morgan fingerprint density at radius 2 is 2.33 bits per heavy atom. The van der Waals surface area contributed by atoms with Gasteiger partial charge in [0.1, 0.15) is 5.82 Å². The third kappa shape index (κ3) is 1.78. The van der Waals surface area contributed by atoms with Gasteiger partial charge in [0.05, 0.1) is 6.20 Å². The monoisotopic (exact) mass is 239 g/mol. The second kappa shape index (κ2) is 2.95. The highest BCUT2D eigenvalue weighted by Gasteiger charge is 1.91. The van der Waals surface area contributed by atoms with E-state index in [0.29, 0.717) is 5.88 Å². The summed E-state index contributed by atoms with van der Waals surface area (Å²) < 4.78 is 16.8. The van der Waals surface area contributed by atoms with Crippen LogP contribution in [0.1, 0.15) is 0 Å². The Morgan fingerprint density at radius 1 is 1.56 bits per heavy atom. The third-order valence-corrected chi connectivity index (χ3v) is 1.23. The number of hydrogen-bond acceptors (Lipinski definition) is 2. The van der Waals surface area contributed by atoms with Gasteiger partial charge in [-0.3, -0.25) is 0 Å². The van der Waals surface area contributed by atoms with E-state index >= 15 is 0 Å². The molecule has 0 unspecified atom stereocenters. The van der Waals surface area contributed by atoms with Gasteiger partial charge in [-0.25, -0.2) is 9.37 Å². The zero-order chi connectivity index (χ0) is 6.69. The largest absolute Gasteiger partial charge is 0.408 e. The average molecular weight is 239 g/mol. The number of aromatic nitrogens is 1. The Balaban J connectivity index is 2.88. The number of nitrogens with zero attached hydrogens (tertiary/aromatic N) is 1. The Kier molecular flexibility index (Phi) is 2.21. The maximum absolute atomic E-state index is 12.1. The fourth-order valence-electron chi connectivity index (χ4n) is 0.408. The molecule has 0 aromatic carbocycles. The second-order valence-corrected chi connectivity index (χ2v) is 1.83. The molecule has 0 atom stereocenters. The SMILES string of the molecule is Fc1ccc(OI)nc1. The molecule has 2 nitrogen and oxygen atoms in total. The van der Waals surface area contributed by atoms with Crippen LogP contribution in [0.3, 0.4) is 0 Å². The first-order valence-corrected chi connectivity index (χ1v) is 3.11. The first-order chi connectivity index (χ1) is 4.33. The Morgan fingerprint density at radius 3 is 2.78 bits per heavy atom. The molecule has 0 aliphatic carbocycles. The lowest BCUT2D eigenvalue weighted by Gasteiger charge is -1.91. The van der Waals surface area contributed by atoms with E-state index in [1.165, 1.54) is 12.1 Å². The predicted molar refractivity (Wildman–Crippen MR) is 38.8 cm³/mol. The lowest BCUT2D eigenvalue weighted by molar-refractivity contribution is 0.607. The summed E-state index contributed by atoms with van der Waals surface area (Å²) in [5.41, 5.74) is 0. The Bertz CT molecular complexity index is 189. The molecule has 48 valence electrons. The predicted octanol–water partition coefficient (Wildman–Crippen LogP) is 1.95. The van der Waals surface area contributed by atoms with Crippen molar-refractivity contribution in [3.8, 4) is 5.88 Å². The van der Waals surface area contributed by atoms with Gasteiger partial charge in [0.25, 0.3) is 0 Å². The van der Waals surface area contributed by atoms with Gasteiger partial charge >= 0.3 is 0 Å². The van der Waals surface area contributed by atoms with E-state index in [-0.39, 0.29) is 5.82 Å². The van der Waals surface area contributed by atoms with Crippen LogP contribution in [0, 0.1) is 5.82 Å². The molecule has 0 N–H and O–H groups in total. The molecule has 0 fully saturated rings. The smallest absolute Gasteiger partial charge is 0.224 e. The highest BCUT2D eigenvalue weighted by atomic mass is 127. The molecule has 0 radical (unpaired) electrons. The molecule has 0 aliphatic rings. The van der Waals surface area contributed by atoms with Crippen molar-refractivity contribution >= 4 is 23.0 Å². The van der Waals surface area contributed by atoms with E-state index in [0.717, 1.165) is 6.20 Å². The quantitative estimate of drug-likeness (QED) is 0.698. The molecule has 9 heavy (non-hydrogen) atoms. The van der Waals surface area contributed by atoms with Crippen LogP contribution in [0.25, 0.3) is 0 Å². The molecule has 0 saturated heterocycles. The normalized spacial score (nSPS) is 9.11. The molecule has 1 aromatic rings. The summed E-state index contributed by atoms with van der Waals surface area (Å²) in [5.74, 6) is 0.0594. The van der Waals surface area contributed by atoms with Crippen LogP contribution < -0.4 is 3.07 Å². The molecule has 4 heteroatoms. The maximum atomic E-state index is 12.1. The van der Waals surface area contributed by atoms with Gasteiger partial charge in [-0.2, -0.15) is 0 Å². The molecular formula is C5H3FINO. The van der Waals surface area contributed by atoms with E-state index < -0.39 is 0 Å². The van der Waals surface area contributed by atoms with Crippen molar-refractivity contribution in [1.29, 1.82) is 0 Å². The van der Waals surface area contributed by atoms with Crippen molar-refractivity contribution in [2.24, 2.45) is 0 Å². The standard InChI is InChI=1S/C5H3FINO/c6-4-1-2-5(9-7)8-3-4/h1-3H. The first-order valence-electron chi connectivity index (χ1n) is 2.23. The van der Waals surface area contributed by atoms with Crippen LogP contribution in [0.5, 0.6) is 5.88 Å². The van der Waals surface area contributed by atoms with Gasteiger partial charge in [-0.1, -0.05) is 0 Å². The second-order valence-electron chi connectivity index (χ2n) is 1.39. The minimum Gasteiger partial charge on any atom is -0.408 e. The lowest BCUT2D eigenvalue weighted by Crippen LogP contribution is -1.80. The van der Waals surface area contributed by atoms with E-state index in [1.54, 1.807) is 23.0 Å². The fourth-order valence-corrected chi connectivity index (χ4v) is 0.668. The van der Waals surface area contributed by atoms with Crippen LogP contribution in [0.15, 0.2) is 18.3 Å². The number of halogens is 2. The van der Waals surface area contributed by atoms with Crippen LogP contribution >= 0.6 is 23.0 Å². The van der Waals surface area contributed by atoms with E-state index in [1.807, 2.05) is 0 Å². The summed E-state index contributed by atoms with van der Waals surface area (Å²) in [5, 5.41) is 0. The highest BCUT2D eigenvalue weighted by Crippen LogP contribution is 2.07. The van der Waals surface area contributed by atoms with Crippen LogP contribution in [-0.2, 0) is 0 Å². The maximum Gasteiger partial charge on any atom is 0.224 e. The lowest BCUT2D eigenvalue weighted by atomic mass is 10.5. The number of hydrogen-bond donors (Lipinski definition) is 0. The third-order valence-electron chi connectivity index (χ3n) is 0.779. The van der Waals surface area contributed by atoms with E-state index in [2.05, 4.69) is 8.05 Å². The zero-order valence-corrected chi connectivity index (χ0v) is 6.50. The minimum absolute atomic E-state index is 0.354. The zero-order valence-electron chi connectivity index (χ0n) is 4.34. The summed E-state index contributed by atoms with van der Waals surface area (Å²) >= 11 is 1.68. The van der Waals surface area contributed by atoms with Gasteiger partial charge < -0.3 is 3.07 Å². The van der Waals surface area contributed by atoms with Crippen molar-refractivity contribution in [1.82, 2.24) is 4.98 Å². The fraction of sp³-hybridized carbons (Fsp3) is 0. The van der Waals surface area contributed by atoms with Crippen molar-refractivity contribution in [3.63, 3.8) is 0 Å². The molecule has 0 amide bonds. The average Bonchev–Trinajstić information content (AvgIpc) is 1.90. The highest BCUT2D eigenvalue weighted by molar-refractivity contribution is 14.1. The summed E-state index contributed by atoms with van der Waals surface area (Å²) in [6.45, 7) is 0. The summed E-state index contributed by atoms with van der Waals surface area (Å²) in [4.78, 5) is 3.59. The molecule has 0 spiro atoms. The van der Waals surface area contributed by atoms with Crippen molar-refractivity contribution in [2.75, 3.05) is 0 Å². The topological polar surface area (TPSA) is 22.1 Å². The van der Waals surface area contributed by atoms with E-state index in [9.17, 15) is 4.39 Å². The van der Waals surface area contributed by atoms with Gasteiger partial charge in [-0.05, 0) is 6.07 Å². The van der Waals surface area contributed by atoms with Gasteiger partial charge in [0.2, 0.25) is 5.88 Å². The van der Waals surface area contributed by atoms with Crippen molar-refractivity contribution < 1.29 is 7.46 Å². The van der Waals surface area contributed by atoms with E-state index in [4.69, 9.17) is 0 Å². The van der Waals surface area contributed by atoms with Gasteiger partial charge in [0, 0.05) is 6.07 Å². The number of pyridine rings is 1. The summed E-state index contributed by atoms with van der Waals surface area (Å²) in [7, 11) is 0. The molecule has 0 saturated carbocycles. The molecule has 0 aliphatic heterocycles. The Labute approximate surface area is 65.7 Å². The summed E-state index contributed by atoms with van der Waals surface area (Å²) in [6.07, 6.45) is 1.11.